The average Bonchev–Trinajstić information content (AvgIpc) is 2.85. The Bertz CT molecular complexity index is 881. The summed E-state index contributed by atoms with van der Waals surface area (Å²) >= 11 is 0. The van der Waals surface area contributed by atoms with Crippen molar-refractivity contribution < 1.29 is 18.3 Å². The molecule has 2 unspecified atom stereocenters. The molecular formula is C29H48N2O4S. The van der Waals surface area contributed by atoms with Gasteiger partial charge in [-0.3, -0.25) is 4.79 Å². The standard InChI is InChI=1S/C29H48N2O4S/c1-5-6-17-28(32)27(19-25-15-11-8-12-16-25)30-20-23(4)31-29(33)26(21-36(34,35)22(2)3)18-24-13-9-7-10-14-24/h1,9,13-14,22-23,25-28,30,32H,6-8,10-12,15-21H2,2-4H3,(H,31,33)/t23?,26-,27+,28?/m1/s1. The monoisotopic (exact) mass is 520 g/mol. The molecule has 0 radical (unpaired) electrons. The first-order chi connectivity index (χ1) is 17.1. The normalized spacial score (nSPS) is 20.3. The maximum Gasteiger partial charge on any atom is 0.224 e. The van der Waals surface area contributed by atoms with E-state index in [-0.39, 0.29) is 23.7 Å². The third kappa shape index (κ3) is 10.8. The zero-order valence-corrected chi connectivity index (χ0v) is 23.4. The van der Waals surface area contributed by atoms with Gasteiger partial charge in [-0.15, -0.1) is 12.3 Å². The summed E-state index contributed by atoms with van der Waals surface area (Å²) in [4.78, 5) is 13.2. The smallest absolute Gasteiger partial charge is 0.224 e. The van der Waals surface area contributed by atoms with Gasteiger partial charge in [-0.05, 0) is 58.8 Å². The number of amides is 1. The number of carbonyl (C=O) groups excluding carboxylic acids is 1. The van der Waals surface area contributed by atoms with Gasteiger partial charge in [0.25, 0.3) is 0 Å². The van der Waals surface area contributed by atoms with Gasteiger partial charge in [0.2, 0.25) is 5.91 Å². The molecule has 0 aromatic heterocycles. The number of aliphatic hydroxyl groups is 1. The molecule has 0 bridgehead atoms. The molecule has 1 amide bonds. The Morgan fingerprint density at radius 1 is 1.19 bits per heavy atom. The third-order valence-corrected chi connectivity index (χ3v) is 9.82. The van der Waals surface area contributed by atoms with Crippen molar-refractivity contribution in [3.05, 3.63) is 23.8 Å². The fourth-order valence-electron chi connectivity index (χ4n) is 5.13. The van der Waals surface area contributed by atoms with Crippen LogP contribution in [0.25, 0.3) is 0 Å². The molecule has 7 heteroatoms. The van der Waals surface area contributed by atoms with Crippen LogP contribution in [0.3, 0.4) is 0 Å². The highest BCUT2D eigenvalue weighted by Crippen LogP contribution is 2.28. The maximum absolute atomic E-state index is 13.2. The molecule has 0 aliphatic heterocycles. The fourth-order valence-corrected chi connectivity index (χ4v) is 6.35. The van der Waals surface area contributed by atoms with E-state index in [1.54, 1.807) is 13.8 Å². The summed E-state index contributed by atoms with van der Waals surface area (Å²) in [5.74, 6) is 2.20. The molecule has 4 atom stereocenters. The SMILES string of the molecule is C#CCCC(O)[C@H](CC1CCCCC1)NCC(C)NC(=O)[C@H](CC1=CCCC=C1)CS(=O)(=O)C(C)C. The highest BCUT2D eigenvalue weighted by atomic mass is 32.2. The number of hydrogen-bond donors (Lipinski definition) is 3. The molecule has 1 saturated carbocycles. The van der Waals surface area contributed by atoms with E-state index in [2.05, 4.69) is 28.7 Å². The Morgan fingerprint density at radius 3 is 2.53 bits per heavy atom. The molecule has 0 spiro atoms. The Morgan fingerprint density at radius 2 is 1.92 bits per heavy atom. The molecule has 204 valence electrons. The van der Waals surface area contributed by atoms with E-state index < -0.39 is 27.1 Å². The summed E-state index contributed by atoms with van der Waals surface area (Å²) in [7, 11) is -3.37. The van der Waals surface area contributed by atoms with Crippen LogP contribution in [0.5, 0.6) is 0 Å². The third-order valence-electron chi connectivity index (χ3n) is 7.51. The van der Waals surface area contributed by atoms with Gasteiger partial charge in [0.1, 0.15) is 0 Å². The van der Waals surface area contributed by atoms with E-state index in [0.717, 1.165) is 24.8 Å². The van der Waals surface area contributed by atoms with Crippen LogP contribution in [0.2, 0.25) is 0 Å². The van der Waals surface area contributed by atoms with Crippen molar-refractivity contribution in [3.63, 3.8) is 0 Å². The number of nitrogens with one attached hydrogen (secondary N) is 2. The summed E-state index contributed by atoms with van der Waals surface area (Å²) in [5.41, 5.74) is 1.02. The van der Waals surface area contributed by atoms with E-state index in [9.17, 15) is 18.3 Å². The quantitative estimate of drug-likeness (QED) is 0.280. The first-order valence-electron chi connectivity index (χ1n) is 13.8. The van der Waals surface area contributed by atoms with Gasteiger partial charge in [0, 0.05) is 25.0 Å². The Hall–Kier alpha value is -1.62. The minimum absolute atomic E-state index is 0.0737. The van der Waals surface area contributed by atoms with E-state index in [0.29, 0.717) is 31.7 Å². The van der Waals surface area contributed by atoms with Crippen LogP contribution in [-0.2, 0) is 14.6 Å². The number of hydrogen-bond acceptors (Lipinski definition) is 5. The molecule has 0 heterocycles. The lowest BCUT2D eigenvalue weighted by atomic mass is 9.83. The number of sulfone groups is 1. The van der Waals surface area contributed by atoms with Gasteiger partial charge < -0.3 is 15.7 Å². The number of allylic oxidation sites excluding steroid dienone is 4. The van der Waals surface area contributed by atoms with Gasteiger partial charge in [-0.1, -0.05) is 55.9 Å². The number of aliphatic hydroxyl groups excluding tert-OH is 1. The Balaban J connectivity index is 1.99. The van der Waals surface area contributed by atoms with Crippen molar-refractivity contribution in [2.24, 2.45) is 11.8 Å². The molecule has 0 aromatic rings. The van der Waals surface area contributed by atoms with Crippen LogP contribution in [-0.4, -0.2) is 55.2 Å². The van der Waals surface area contributed by atoms with Crippen LogP contribution in [0, 0.1) is 24.2 Å². The number of terminal acetylenes is 1. The highest BCUT2D eigenvalue weighted by molar-refractivity contribution is 7.92. The second kappa shape index (κ2) is 15.6. The molecular weight excluding hydrogens is 472 g/mol. The van der Waals surface area contributed by atoms with Crippen LogP contribution in [0.4, 0.5) is 0 Å². The summed E-state index contributed by atoms with van der Waals surface area (Å²) in [6.45, 7) is 5.75. The second-order valence-corrected chi connectivity index (χ2v) is 13.6. The van der Waals surface area contributed by atoms with E-state index in [1.165, 1.54) is 32.1 Å². The van der Waals surface area contributed by atoms with Crippen LogP contribution < -0.4 is 10.6 Å². The van der Waals surface area contributed by atoms with Gasteiger partial charge >= 0.3 is 0 Å². The molecule has 2 rings (SSSR count). The van der Waals surface area contributed by atoms with Crippen LogP contribution in [0.1, 0.15) is 91.4 Å². The Labute approximate surface area is 219 Å². The minimum Gasteiger partial charge on any atom is -0.391 e. The molecule has 6 nitrogen and oxygen atoms in total. The maximum atomic E-state index is 13.2. The fraction of sp³-hybridized carbons (Fsp3) is 0.759. The average molecular weight is 521 g/mol. The second-order valence-electron chi connectivity index (χ2n) is 11.0. The lowest BCUT2D eigenvalue weighted by molar-refractivity contribution is -0.124. The van der Waals surface area contributed by atoms with Crippen molar-refractivity contribution >= 4 is 15.7 Å². The summed E-state index contributed by atoms with van der Waals surface area (Å²) in [6.07, 6.45) is 21.5. The van der Waals surface area contributed by atoms with Gasteiger partial charge in [0.05, 0.1) is 23.0 Å². The largest absolute Gasteiger partial charge is 0.391 e. The first-order valence-corrected chi connectivity index (χ1v) is 15.6. The molecule has 3 N–H and O–H groups in total. The topological polar surface area (TPSA) is 95.5 Å². The van der Waals surface area contributed by atoms with Crippen molar-refractivity contribution in [1.29, 1.82) is 0 Å². The summed E-state index contributed by atoms with van der Waals surface area (Å²) < 4.78 is 25.3. The molecule has 2 aliphatic rings. The van der Waals surface area contributed by atoms with E-state index >= 15 is 0 Å². The van der Waals surface area contributed by atoms with Crippen molar-refractivity contribution in [3.8, 4) is 12.3 Å². The zero-order chi connectivity index (χ0) is 26.6. The lowest BCUT2D eigenvalue weighted by Crippen LogP contribution is -2.49. The lowest BCUT2D eigenvalue weighted by Gasteiger charge is -2.31. The van der Waals surface area contributed by atoms with E-state index in [1.807, 2.05) is 13.0 Å². The predicted molar refractivity (Wildman–Crippen MR) is 148 cm³/mol. The molecule has 1 fully saturated rings. The van der Waals surface area contributed by atoms with E-state index in [4.69, 9.17) is 6.42 Å². The molecule has 0 aromatic carbocycles. The minimum atomic E-state index is -3.37. The van der Waals surface area contributed by atoms with Gasteiger partial charge in [0.15, 0.2) is 9.84 Å². The van der Waals surface area contributed by atoms with Crippen molar-refractivity contribution in [2.75, 3.05) is 12.3 Å². The Kier molecular flexibility index (Phi) is 13.3. The van der Waals surface area contributed by atoms with Gasteiger partial charge in [-0.2, -0.15) is 0 Å². The molecule has 2 aliphatic carbocycles. The number of rotatable bonds is 15. The highest BCUT2D eigenvalue weighted by Gasteiger charge is 2.30. The predicted octanol–water partition coefficient (Wildman–Crippen LogP) is 4.30. The van der Waals surface area contributed by atoms with Crippen molar-refractivity contribution in [2.45, 2.75) is 115 Å². The van der Waals surface area contributed by atoms with Crippen molar-refractivity contribution in [1.82, 2.24) is 10.6 Å². The summed E-state index contributed by atoms with van der Waals surface area (Å²) in [5, 5.41) is 16.8. The van der Waals surface area contributed by atoms with Crippen LogP contribution in [0.15, 0.2) is 23.8 Å². The molecule has 36 heavy (non-hydrogen) atoms. The summed E-state index contributed by atoms with van der Waals surface area (Å²) in [6, 6.07) is -0.276. The number of carbonyl (C=O) groups is 1. The first kappa shape index (κ1) is 30.6. The van der Waals surface area contributed by atoms with Gasteiger partial charge in [-0.25, -0.2) is 8.42 Å². The molecule has 0 saturated heterocycles. The zero-order valence-electron chi connectivity index (χ0n) is 22.5. The van der Waals surface area contributed by atoms with Crippen LogP contribution >= 0.6 is 0 Å².